The SMILES string of the molecule is N#Cc1cccc2c1NC(c1ccc(O)cc1)C1CC=CC21. The summed E-state index contributed by atoms with van der Waals surface area (Å²) >= 11 is 0. The van der Waals surface area contributed by atoms with E-state index in [0.29, 0.717) is 17.4 Å². The van der Waals surface area contributed by atoms with Crippen LogP contribution in [0.4, 0.5) is 5.69 Å². The Hall–Kier alpha value is -2.73. The van der Waals surface area contributed by atoms with Gasteiger partial charge in [0.25, 0.3) is 0 Å². The first kappa shape index (κ1) is 13.0. The fourth-order valence-corrected chi connectivity index (χ4v) is 3.73. The number of para-hydroxylation sites is 1. The van der Waals surface area contributed by atoms with Gasteiger partial charge in [-0.15, -0.1) is 0 Å². The number of nitrogens with one attached hydrogen (secondary N) is 1. The van der Waals surface area contributed by atoms with Crippen LogP contribution in [0.2, 0.25) is 0 Å². The molecule has 3 atom stereocenters. The van der Waals surface area contributed by atoms with E-state index in [9.17, 15) is 10.4 Å². The molecular weight excluding hydrogens is 272 g/mol. The van der Waals surface area contributed by atoms with E-state index in [2.05, 4.69) is 29.6 Å². The monoisotopic (exact) mass is 288 g/mol. The van der Waals surface area contributed by atoms with E-state index in [0.717, 1.165) is 17.7 Å². The number of nitriles is 1. The van der Waals surface area contributed by atoms with Crippen LogP contribution in [0, 0.1) is 17.2 Å². The van der Waals surface area contributed by atoms with Crippen molar-refractivity contribution in [3.8, 4) is 11.8 Å². The summed E-state index contributed by atoms with van der Waals surface area (Å²) < 4.78 is 0. The van der Waals surface area contributed by atoms with E-state index in [1.807, 2.05) is 24.3 Å². The number of anilines is 1. The summed E-state index contributed by atoms with van der Waals surface area (Å²) in [5.74, 6) is 1.08. The molecule has 22 heavy (non-hydrogen) atoms. The Morgan fingerprint density at radius 3 is 2.73 bits per heavy atom. The number of allylic oxidation sites excluding steroid dienone is 2. The molecule has 0 aromatic heterocycles. The number of phenols is 1. The summed E-state index contributed by atoms with van der Waals surface area (Å²) in [6.07, 6.45) is 5.52. The number of rotatable bonds is 1. The third-order valence-electron chi connectivity index (χ3n) is 4.77. The summed E-state index contributed by atoms with van der Waals surface area (Å²) in [5, 5.41) is 22.5. The minimum atomic E-state index is 0.155. The van der Waals surface area contributed by atoms with Crippen molar-refractivity contribution in [2.75, 3.05) is 5.32 Å². The molecule has 0 amide bonds. The van der Waals surface area contributed by atoms with Crippen molar-refractivity contribution in [3.05, 3.63) is 71.3 Å². The van der Waals surface area contributed by atoms with Crippen molar-refractivity contribution in [2.24, 2.45) is 5.92 Å². The smallest absolute Gasteiger partial charge is 0.115 e. The number of hydrogen-bond acceptors (Lipinski definition) is 3. The average molecular weight is 288 g/mol. The minimum Gasteiger partial charge on any atom is -0.508 e. The molecule has 0 radical (unpaired) electrons. The number of benzene rings is 2. The van der Waals surface area contributed by atoms with Gasteiger partial charge in [-0.2, -0.15) is 5.26 Å². The molecule has 108 valence electrons. The van der Waals surface area contributed by atoms with Gasteiger partial charge in [-0.05, 0) is 41.7 Å². The fraction of sp³-hybridized carbons (Fsp3) is 0.211. The number of aromatic hydroxyl groups is 1. The molecule has 0 spiro atoms. The van der Waals surface area contributed by atoms with Crippen LogP contribution in [0.3, 0.4) is 0 Å². The lowest BCUT2D eigenvalue weighted by Gasteiger charge is -2.38. The predicted octanol–water partition coefficient (Wildman–Crippen LogP) is 4.09. The van der Waals surface area contributed by atoms with Crippen LogP contribution in [0.15, 0.2) is 54.6 Å². The maximum Gasteiger partial charge on any atom is 0.115 e. The highest BCUT2D eigenvalue weighted by molar-refractivity contribution is 5.67. The second-order valence-electron chi connectivity index (χ2n) is 5.95. The molecule has 2 N–H and O–H groups in total. The maximum absolute atomic E-state index is 9.51. The predicted molar refractivity (Wildman–Crippen MR) is 85.6 cm³/mol. The Morgan fingerprint density at radius 2 is 1.95 bits per heavy atom. The van der Waals surface area contributed by atoms with Gasteiger partial charge in [0.15, 0.2) is 0 Å². The number of fused-ring (bicyclic) bond motifs is 3. The van der Waals surface area contributed by atoms with Crippen LogP contribution in [-0.4, -0.2) is 5.11 Å². The van der Waals surface area contributed by atoms with Crippen molar-refractivity contribution >= 4 is 5.69 Å². The highest BCUT2D eigenvalue weighted by Gasteiger charge is 2.38. The zero-order chi connectivity index (χ0) is 15.1. The van der Waals surface area contributed by atoms with Gasteiger partial charge in [-0.25, -0.2) is 0 Å². The zero-order valence-electron chi connectivity index (χ0n) is 12.0. The van der Waals surface area contributed by atoms with Gasteiger partial charge in [0.1, 0.15) is 11.8 Å². The Balaban J connectivity index is 1.83. The normalized spacial score (nSPS) is 25.0. The highest BCUT2D eigenvalue weighted by atomic mass is 16.3. The van der Waals surface area contributed by atoms with Gasteiger partial charge in [0.05, 0.1) is 17.3 Å². The first-order chi connectivity index (χ1) is 10.8. The lowest BCUT2D eigenvalue weighted by atomic mass is 9.76. The summed E-state index contributed by atoms with van der Waals surface area (Å²) in [6.45, 7) is 0. The first-order valence-electron chi connectivity index (χ1n) is 7.53. The molecule has 0 saturated carbocycles. The van der Waals surface area contributed by atoms with E-state index in [1.54, 1.807) is 12.1 Å². The molecule has 2 aromatic rings. The van der Waals surface area contributed by atoms with Crippen LogP contribution in [0.25, 0.3) is 0 Å². The van der Waals surface area contributed by atoms with Crippen LogP contribution in [0.1, 0.15) is 35.1 Å². The third kappa shape index (κ3) is 1.88. The van der Waals surface area contributed by atoms with Crippen molar-refractivity contribution in [1.29, 1.82) is 5.26 Å². The Labute approximate surface area is 129 Å². The second-order valence-corrected chi connectivity index (χ2v) is 5.95. The molecule has 3 nitrogen and oxygen atoms in total. The van der Waals surface area contributed by atoms with E-state index in [-0.39, 0.29) is 11.8 Å². The minimum absolute atomic E-state index is 0.155. The standard InChI is InChI=1S/C19H16N2O/c20-11-13-3-1-5-17-15-4-2-6-16(15)18(21-19(13)17)12-7-9-14(22)10-8-12/h1-5,7-10,15-16,18,21-22H,6H2. The van der Waals surface area contributed by atoms with E-state index in [1.165, 1.54) is 5.56 Å². The molecule has 1 heterocycles. The van der Waals surface area contributed by atoms with Gasteiger partial charge in [-0.1, -0.05) is 36.4 Å². The molecule has 3 heteroatoms. The van der Waals surface area contributed by atoms with Crippen molar-refractivity contribution < 1.29 is 5.11 Å². The van der Waals surface area contributed by atoms with E-state index >= 15 is 0 Å². The summed E-state index contributed by atoms with van der Waals surface area (Å²) in [7, 11) is 0. The van der Waals surface area contributed by atoms with E-state index in [4.69, 9.17) is 0 Å². The summed E-state index contributed by atoms with van der Waals surface area (Å²) in [5.41, 5.74) is 4.01. The molecule has 1 aliphatic heterocycles. The lowest BCUT2D eigenvalue weighted by Crippen LogP contribution is -2.29. The van der Waals surface area contributed by atoms with E-state index < -0.39 is 0 Å². The largest absolute Gasteiger partial charge is 0.508 e. The molecule has 3 unspecified atom stereocenters. The Morgan fingerprint density at radius 1 is 1.14 bits per heavy atom. The fourth-order valence-electron chi connectivity index (χ4n) is 3.73. The van der Waals surface area contributed by atoms with Crippen LogP contribution in [0.5, 0.6) is 5.75 Å². The maximum atomic E-state index is 9.51. The molecule has 1 aliphatic carbocycles. The van der Waals surface area contributed by atoms with Crippen molar-refractivity contribution in [3.63, 3.8) is 0 Å². The van der Waals surface area contributed by atoms with Crippen LogP contribution < -0.4 is 5.32 Å². The second kappa shape index (κ2) is 4.92. The Bertz CT molecular complexity index is 786. The number of phenolic OH excluding ortho intramolecular Hbond substituents is 1. The quantitative estimate of drug-likeness (QED) is 0.777. The Kier molecular flexibility index (Phi) is 2.90. The third-order valence-corrected chi connectivity index (χ3v) is 4.77. The van der Waals surface area contributed by atoms with Gasteiger partial charge in [-0.3, -0.25) is 0 Å². The molecule has 0 fully saturated rings. The van der Waals surface area contributed by atoms with Crippen LogP contribution in [-0.2, 0) is 0 Å². The highest BCUT2D eigenvalue weighted by Crippen LogP contribution is 2.50. The van der Waals surface area contributed by atoms with Crippen molar-refractivity contribution in [1.82, 2.24) is 0 Å². The molecule has 2 aliphatic rings. The lowest BCUT2D eigenvalue weighted by molar-refractivity contribution is 0.424. The van der Waals surface area contributed by atoms with Gasteiger partial charge in [0.2, 0.25) is 0 Å². The molecule has 2 aromatic carbocycles. The van der Waals surface area contributed by atoms with Gasteiger partial charge in [0, 0.05) is 5.92 Å². The number of nitrogens with zero attached hydrogens (tertiary/aromatic N) is 1. The zero-order valence-corrected chi connectivity index (χ0v) is 12.0. The first-order valence-corrected chi connectivity index (χ1v) is 7.53. The summed E-state index contributed by atoms with van der Waals surface area (Å²) in [4.78, 5) is 0. The van der Waals surface area contributed by atoms with Gasteiger partial charge >= 0.3 is 0 Å². The average Bonchev–Trinajstić information content (AvgIpc) is 3.04. The van der Waals surface area contributed by atoms with Gasteiger partial charge < -0.3 is 10.4 Å². The van der Waals surface area contributed by atoms with Crippen LogP contribution >= 0.6 is 0 Å². The topological polar surface area (TPSA) is 56.0 Å². The molecule has 0 saturated heterocycles. The summed E-state index contributed by atoms with van der Waals surface area (Å²) in [6, 6.07) is 15.7. The molecule has 4 rings (SSSR count). The molecular formula is C19H16N2O. The molecule has 0 bridgehead atoms. The number of hydrogen-bond donors (Lipinski definition) is 2. The van der Waals surface area contributed by atoms with Crippen molar-refractivity contribution in [2.45, 2.75) is 18.4 Å².